The van der Waals surface area contributed by atoms with Crippen molar-refractivity contribution in [1.29, 1.82) is 5.26 Å². The van der Waals surface area contributed by atoms with Crippen molar-refractivity contribution in [2.75, 3.05) is 24.5 Å². The van der Waals surface area contributed by atoms with Gasteiger partial charge in [-0.25, -0.2) is 4.98 Å². The zero-order chi connectivity index (χ0) is 12.5. The molecule has 94 valence electrons. The zero-order valence-corrected chi connectivity index (χ0v) is 10.7. The number of pyridine rings is 1. The third-order valence-corrected chi connectivity index (χ3v) is 4.15. The van der Waals surface area contributed by atoms with Gasteiger partial charge >= 0.3 is 0 Å². The van der Waals surface area contributed by atoms with Crippen LogP contribution in [0.15, 0.2) is 12.3 Å². The first-order chi connectivity index (χ1) is 8.79. The Morgan fingerprint density at radius 2 is 2.39 bits per heavy atom. The van der Waals surface area contributed by atoms with Crippen molar-refractivity contribution >= 4 is 5.82 Å². The number of aryl methyl sites for hydroxylation is 1. The molecule has 3 rings (SSSR count). The molecule has 4 nitrogen and oxygen atoms in total. The molecule has 1 aromatic heterocycles. The largest absolute Gasteiger partial charge is 0.354 e. The Balaban J connectivity index is 1.88. The Kier molecular flexibility index (Phi) is 2.92. The second-order valence-electron chi connectivity index (χ2n) is 5.31. The smallest absolute Gasteiger partial charge is 0.146 e. The molecule has 18 heavy (non-hydrogen) atoms. The average Bonchev–Trinajstić information content (AvgIpc) is 2.82. The fourth-order valence-electron chi connectivity index (χ4n) is 3.14. The molecule has 0 spiro atoms. The predicted octanol–water partition coefficient (Wildman–Crippen LogP) is 1.45. The van der Waals surface area contributed by atoms with E-state index in [4.69, 9.17) is 0 Å². The third kappa shape index (κ3) is 1.85. The van der Waals surface area contributed by atoms with Crippen LogP contribution in [0.3, 0.4) is 0 Å². The summed E-state index contributed by atoms with van der Waals surface area (Å²) in [5.74, 6) is 1.58. The zero-order valence-electron chi connectivity index (χ0n) is 10.7. The first kappa shape index (κ1) is 11.5. The van der Waals surface area contributed by atoms with Gasteiger partial charge in [0.15, 0.2) is 0 Å². The van der Waals surface area contributed by atoms with Crippen LogP contribution in [0.2, 0.25) is 0 Å². The fourth-order valence-corrected chi connectivity index (χ4v) is 3.14. The van der Waals surface area contributed by atoms with Crippen LogP contribution < -0.4 is 10.2 Å². The van der Waals surface area contributed by atoms with Gasteiger partial charge in [0.2, 0.25) is 0 Å². The lowest BCUT2D eigenvalue weighted by molar-refractivity contribution is 0.340. The van der Waals surface area contributed by atoms with Crippen molar-refractivity contribution in [3.63, 3.8) is 0 Å². The standard InChI is InChI=1S/C14H18N4/c1-10-4-6-17-14(12(10)7-15)18-8-11-3-2-5-16-13(11)9-18/h4,6,11,13,16H,2-3,5,8-9H2,1H3. The minimum absolute atomic E-state index is 0.576. The van der Waals surface area contributed by atoms with Crippen LogP contribution in [0.1, 0.15) is 24.0 Å². The van der Waals surface area contributed by atoms with Crippen LogP contribution in [0.4, 0.5) is 5.82 Å². The number of anilines is 1. The van der Waals surface area contributed by atoms with Gasteiger partial charge in [0.25, 0.3) is 0 Å². The Hall–Kier alpha value is -1.60. The maximum absolute atomic E-state index is 9.29. The Labute approximate surface area is 108 Å². The summed E-state index contributed by atoms with van der Waals surface area (Å²) in [5.41, 5.74) is 1.75. The van der Waals surface area contributed by atoms with Crippen LogP contribution in [-0.2, 0) is 0 Å². The molecular weight excluding hydrogens is 224 g/mol. The van der Waals surface area contributed by atoms with Gasteiger partial charge in [-0.15, -0.1) is 0 Å². The Bertz CT molecular complexity index is 477. The highest BCUT2D eigenvalue weighted by Gasteiger charge is 2.35. The van der Waals surface area contributed by atoms with Crippen LogP contribution in [0.25, 0.3) is 0 Å². The molecule has 2 unspecified atom stereocenters. The van der Waals surface area contributed by atoms with E-state index in [0.29, 0.717) is 12.0 Å². The average molecular weight is 242 g/mol. The summed E-state index contributed by atoms with van der Waals surface area (Å²) in [6.07, 6.45) is 4.37. The maximum Gasteiger partial charge on any atom is 0.146 e. The topological polar surface area (TPSA) is 52.0 Å². The monoisotopic (exact) mass is 242 g/mol. The lowest BCUT2D eigenvalue weighted by Gasteiger charge is -2.24. The van der Waals surface area contributed by atoms with Crippen molar-refractivity contribution in [3.8, 4) is 6.07 Å². The highest BCUT2D eigenvalue weighted by atomic mass is 15.2. The lowest BCUT2D eigenvalue weighted by Crippen LogP contribution is -2.40. The fraction of sp³-hybridized carbons (Fsp3) is 0.571. The normalized spacial score (nSPS) is 26.8. The van der Waals surface area contributed by atoms with Crippen molar-refractivity contribution in [3.05, 3.63) is 23.4 Å². The predicted molar refractivity (Wildman–Crippen MR) is 70.4 cm³/mol. The van der Waals surface area contributed by atoms with Crippen molar-refractivity contribution in [1.82, 2.24) is 10.3 Å². The molecule has 2 atom stereocenters. The van der Waals surface area contributed by atoms with Gasteiger partial charge in [0.05, 0.1) is 5.56 Å². The summed E-state index contributed by atoms with van der Waals surface area (Å²) in [5, 5.41) is 12.9. The van der Waals surface area contributed by atoms with E-state index >= 15 is 0 Å². The number of piperidine rings is 1. The van der Waals surface area contributed by atoms with Gasteiger partial charge in [-0.05, 0) is 43.9 Å². The molecule has 2 aliphatic rings. The number of nitrogens with zero attached hydrogens (tertiary/aromatic N) is 3. The van der Waals surface area contributed by atoms with Crippen LogP contribution in [0.5, 0.6) is 0 Å². The number of aromatic nitrogens is 1. The van der Waals surface area contributed by atoms with E-state index < -0.39 is 0 Å². The number of hydrogen-bond donors (Lipinski definition) is 1. The number of nitriles is 1. The van der Waals surface area contributed by atoms with Crippen molar-refractivity contribution in [2.24, 2.45) is 5.92 Å². The molecular formula is C14H18N4. The van der Waals surface area contributed by atoms with E-state index in [1.807, 2.05) is 13.0 Å². The summed E-state index contributed by atoms with van der Waals surface area (Å²) < 4.78 is 0. The first-order valence-electron chi connectivity index (χ1n) is 6.63. The highest BCUT2D eigenvalue weighted by Crippen LogP contribution is 2.30. The van der Waals surface area contributed by atoms with Crippen molar-refractivity contribution in [2.45, 2.75) is 25.8 Å². The first-order valence-corrected chi connectivity index (χ1v) is 6.63. The van der Waals surface area contributed by atoms with Gasteiger partial charge in [-0.2, -0.15) is 5.26 Å². The summed E-state index contributed by atoms with van der Waals surface area (Å²) in [7, 11) is 0. The van der Waals surface area contributed by atoms with Crippen LogP contribution in [-0.4, -0.2) is 30.7 Å². The van der Waals surface area contributed by atoms with Gasteiger partial charge in [0.1, 0.15) is 11.9 Å². The van der Waals surface area contributed by atoms with E-state index in [9.17, 15) is 5.26 Å². The SMILES string of the molecule is Cc1ccnc(N2CC3CCCNC3C2)c1C#N. The molecule has 0 amide bonds. The minimum Gasteiger partial charge on any atom is -0.354 e. The molecule has 1 aromatic rings. The third-order valence-electron chi connectivity index (χ3n) is 4.15. The molecule has 2 aliphatic heterocycles. The molecule has 3 heterocycles. The maximum atomic E-state index is 9.29. The number of fused-ring (bicyclic) bond motifs is 1. The van der Waals surface area contributed by atoms with E-state index in [2.05, 4.69) is 21.3 Å². The molecule has 0 saturated carbocycles. The minimum atomic E-state index is 0.576. The van der Waals surface area contributed by atoms with Crippen LogP contribution >= 0.6 is 0 Å². The molecule has 0 radical (unpaired) electrons. The molecule has 0 bridgehead atoms. The quantitative estimate of drug-likeness (QED) is 0.810. The Morgan fingerprint density at radius 3 is 3.17 bits per heavy atom. The van der Waals surface area contributed by atoms with Gasteiger partial charge in [-0.3, -0.25) is 0 Å². The number of rotatable bonds is 1. The summed E-state index contributed by atoms with van der Waals surface area (Å²) >= 11 is 0. The van der Waals surface area contributed by atoms with Gasteiger partial charge in [-0.1, -0.05) is 0 Å². The number of hydrogen-bond acceptors (Lipinski definition) is 4. The molecule has 0 aliphatic carbocycles. The Morgan fingerprint density at radius 1 is 1.50 bits per heavy atom. The lowest BCUT2D eigenvalue weighted by atomic mass is 9.94. The van der Waals surface area contributed by atoms with E-state index in [-0.39, 0.29) is 0 Å². The van der Waals surface area contributed by atoms with E-state index in [1.165, 1.54) is 12.8 Å². The summed E-state index contributed by atoms with van der Waals surface area (Å²) in [4.78, 5) is 6.70. The summed E-state index contributed by atoms with van der Waals surface area (Å²) in [6.45, 7) is 5.12. The second-order valence-corrected chi connectivity index (χ2v) is 5.31. The van der Waals surface area contributed by atoms with Crippen molar-refractivity contribution < 1.29 is 0 Å². The van der Waals surface area contributed by atoms with Gasteiger partial charge < -0.3 is 10.2 Å². The summed E-state index contributed by atoms with van der Waals surface area (Å²) in [6, 6.07) is 4.78. The number of nitrogens with one attached hydrogen (secondary N) is 1. The van der Waals surface area contributed by atoms with Gasteiger partial charge in [0, 0.05) is 25.3 Å². The second kappa shape index (κ2) is 4.58. The van der Waals surface area contributed by atoms with E-state index in [0.717, 1.165) is 36.6 Å². The molecule has 2 saturated heterocycles. The van der Waals surface area contributed by atoms with Crippen LogP contribution in [0, 0.1) is 24.2 Å². The molecule has 2 fully saturated rings. The van der Waals surface area contributed by atoms with E-state index in [1.54, 1.807) is 6.20 Å². The highest BCUT2D eigenvalue weighted by molar-refractivity contribution is 5.58. The molecule has 1 N–H and O–H groups in total. The molecule has 0 aromatic carbocycles. The molecule has 4 heteroatoms.